The van der Waals surface area contributed by atoms with E-state index in [4.69, 9.17) is 4.42 Å². The first kappa shape index (κ1) is 13.5. The van der Waals surface area contributed by atoms with Crippen LogP contribution in [0.5, 0.6) is 0 Å². The lowest BCUT2D eigenvalue weighted by Gasteiger charge is -2.01. The molecule has 1 aromatic carbocycles. The molecule has 2 amide bonds. The zero-order valence-electron chi connectivity index (χ0n) is 10.5. The van der Waals surface area contributed by atoms with E-state index < -0.39 is 11.8 Å². The molecule has 1 aromatic heterocycles. The average Bonchev–Trinajstić information content (AvgIpc) is 2.81. The second-order valence-corrected chi connectivity index (χ2v) is 4.99. The van der Waals surface area contributed by atoms with Crippen molar-refractivity contribution in [2.75, 3.05) is 0 Å². The predicted octanol–water partition coefficient (Wildman–Crippen LogP) is 3.29. The number of halogens is 1. The molecular formula is C14H12BrNO3. The van der Waals surface area contributed by atoms with Crippen molar-refractivity contribution in [3.63, 3.8) is 0 Å². The Kier molecular flexibility index (Phi) is 3.85. The second-order valence-electron chi connectivity index (χ2n) is 4.14. The predicted molar refractivity (Wildman–Crippen MR) is 74.7 cm³/mol. The molecule has 1 N–H and O–H groups in total. The van der Waals surface area contributed by atoms with Gasteiger partial charge >= 0.3 is 0 Å². The highest BCUT2D eigenvalue weighted by Gasteiger charge is 2.13. The molecule has 0 radical (unpaired) electrons. The van der Waals surface area contributed by atoms with Gasteiger partial charge in [0.25, 0.3) is 5.91 Å². The van der Waals surface area contributed by atoms with E-state index in [2.05, 4.69) is 21.2 Å². The topological polar surface area (TPSA) is 59.3 Å². The Bertz CT molecular complexity index is 646. The van der Waals surface area contributed by atoms with Crippen LogP contribution in [-0.4, -0.2) is 11.8 Å². The number of furan rings is 1. The number of nitrogens with one attached hydrogen (secondary N) is 1. The lowest BCUT2D eigenvalue weighted by Crippen LogP contribution is -2.27. The van der Waals surface area contributed by atoms with E-state index >= 15 is 0 Å². The van der Waals surface area contributed by atoms with Crippen LogP contribution in [0.1, 0.15) is 23.0 Å². The number of benzene rings is 1. The quantitative estimate of drug-likeness (QED) is 0.923. The molecule has 0 spiro atoms. The number of imide groups is 1. The van der Waals surface area contributed by atoms with Crippen molar-refractivity contribution in [3.05, 3.63) is 46.1 Å². The minimum atomic E-state index is -0.535. The van der Waals surface area contributed by atoms with Crippen LogP contribution >= 0.6 is 15.9 Å². The first-order chi connectivity index (χ1) is 8.97. The van der Waals surface area contributed by atoms with Gasteiger partial charge in [0.05, 0.1) is 0 Å². The molecule has 0 aliphatic carbocycles. The van der Waals surface area contributed by atoms with Gasteiger partial charge in [0.1, 0.15) is 5.76 Å². The van der Waals surface area contributed by atoms with Gasteiger partial charge in [0.15, 0.2) is 5.76 Å². The van der Waals surface area contributed by atoms with Crippen molar-refractivity contribution in [3.8, 4) is 11.3 Å². The molecule has 0 saturated carbocycles. The van der Waals surface area contributed by atoms with Crippen molar-refractivity contribution in [1.82, 2.24) is 5.32 Å². The first-order valence-electron chi connectivity index (χ1n) is 5.65. The third kappa shape index (κ3) is 3.12. The van der Waals surface area contributed by atoms with Crippen molar-refractivity contribution in [2.45, 2.75) is 13.8 Å². The minimum Gasteiger partial charge on any atom is -0.451 e. The molecule has 0 unspecified atom stereocenters. The van der Waals surface area contributed by atoms with E-state index in [1.807, 2.05) is 25.1 Å². The number of carbonyl (C=O) groups is 2. The summed E-state index contributed by atoms with van der Waals surface area (Å²) in [4.78, 5) is 22.4. The third-order valence-electron chi connectivity index (χ3n) is 2.56. The van der Waals surface area contributed by atoms with E-state index in [9.17, 15) is 9.59 Å². The summed E-state index contributed by atoms with van der Waals surface area (Å²) in [7, 11) is 0. The van der Waals surface area contributed by atoms with Crippen LogP contribution in [0.4, 0.5) is 0 Å². The maximum absolute atomic E-state index is 11.6. The number of amides is 2. The van der Waals surface area contributed by atoms with Crippen LogP contribution in [0.25, 0.3) is 11.3 Å². The van der Waals surface area contributed by atoms with E-state index in [1.54, 1.807) is 12.1 Å². The van der Waals surface area contributed by atoms with Gasteiger partial charge in [-0.3, -0.25) is 14.9 Å². The van der Waals surface area contributed by atoms with Gasteiger partial charge in [-0.2, -0.15) is 0 Å². The van der Waals surface area contributed by atoms with Crippen LogP contribution in [0.2, 0.25) is 0 Å². The van der Waals surface area contributed by atoms with E-state index in [-0.39, 0.29) is 5.76 Å². The summed E-state index contributed by atoms with van der Waals surface area (Å²) < 4.78 is 6.46. The maximum atomic E-state index is 11.6. The van der Waals surface area contributed by atoms with Gasteiger partial charge in [-0.15, -0.1) is 0 Å². The fourth-order valence-corrected chi connectivity index (χ4v) is 1.88. The number of rotatable bonds is 2. The van der Waals surface area contributed by atoms with E-state index in [0.717, 1.165) is 15.6 Å². The van der Waals surface area contributed by atoms with Crippen molar-refractivity contribution >= 4 is 27.7 Å². The molecule has 19 heavy (non-hydrogen) atoms. The molecule has 0 fully saturated rings. The molecule has 2 aromatic rings. The summed E-state index contributed by atoms with van der Waals surface area (Å²) in [6.45, 7) is 3.25. The summed E-state index contributed by atoms with van der Waals surface area (Å²) in [5.41, 5.74) is 1.95. The summed E-state index contributed by atoms with van der Waals surface area (Å²) >= 11 is 3.43. The molecule has 5 heteroatoms. The Labute approximate surface area is 118 Å². The fraction of sp³-hybridized carbons (Fsp3) is 0.143. The average molecular weight is 322 g/mol. The van der Waals surface area contributed by atoms with Crippen molar-refractivity contribution in [2.24, 2.45) is 0 Å². The van der Waals surface area contributed by atoms with Gasteiger partial charge in [0, 0.05) is 17.0 Å². The smallest absolute Gasteiger partial charge is 0.293 e. The van der Waals surface area contributed by atoms with Crippen molar-refractivity contribution in [1.29, 1.82) is 0 Å². The lowest BCUT2D eigenvalue weighted by atomic mass is 10.1. The molecule has 1 heterocycles. The van der Waals surface area contributed by atoms with Gasteiger partial charge < -0.3 is 4.42 Å². The number of aryl methyl sites for hydroxylation is 1. The molecule has 0 aliphatic heterocycles. The maximum Gasteiger partial charge on any atom is 0.293 e. The molecule has 0 atom stereocenters. The number of hydrogen-bond donors (Lipinski definition) is 1. The van der Waals surface area contributed by atoms with Gasteiger partial charge in [-0.25, -0.2) is 0 Å². The minimum absolute atomic E-state index is 0.116. The monoisotopic (exact) mass is 321 g/mol. The van der Waals surface area contributed by atoms with E-state index in [0.29, 0.717) is 5.76 Å². The van der Waals surface area contributed by atoms with Crippen LogP contribution in [-0.2, 0) is 4.79 Å². The summed E-state index contributed by atoms with van der Waals surface area (Å²) in [6, 6.07) is 9.02. The summed E-state index contributed by atoms with van der Waals surface area (Å²) in [5, 5.41) is 2.17. The Hall–Kier alpha value is -1.88. The Morgan fingerprint density at radius 3 is 2.58 bits per heavy atom. The summed E-state index contributed by atoms with van der Waals surface area (Å²) in [5.74, 6) is -0.245. The standard InChI is InChI=1S/C14H12BrNO3/c1-8-7-10(3-4-11(8)15)12-5-6-13(19-12)14(18)16-9(2)17/h3-7H,1-2H3,(H,16,17,18). The Balaban J connectivity index is 2.27. The van der Waals surface area contributed by atoms with Gasteiger partial charge in [-0.1, -0.05) is 22.0 Å². The largest absolute Gasteiger partial charge is 0.451 e. The van der Waals surface area contributed by atoms with E-state index in [1.165, 1.54) is 6.92 Å². The van der Waals surface area contributed by atoms with Crippen LogP contribution in [0.15, 0.2) is 39.2 Å². The third-order valence-corrected chi connectivity index (χ3v) is 3.45. The number of hydrogen-bond acceptors (Lipinski definition) is 3. The first-order valence-corrected chi connectivity index (χ1v) is 6.45. The molecule has 0 aliphatic rings. The van der Waals surface area contributed by atoms with Gasteiger partial charge in [-0.05, 0) is 36.8 Å². The normalized spacial score (nSPS) is 10.3. The molecule has 0 bridgehead atoms. The Morgan fingerprint density at radius 2 is 1.95 bits per heavy atom. The highest BCUT2D eigenvalue weighted by atomic mass is 79.9. The fourth-order valence-electron chi connectivity index (χ4n) is 1.63. The number of carbonyl (C=O) groups excluding carboxylic acids is 2. The van der Waals surface area contributed by atoms with Crippen LogP contribution in [0, 0.1) is 6.92 Å². The van der Waals surface area contributed by atoms with Crippen LogP contribution in [0.3, 0.4) is 0 Å². The highest BCUT2D eigenvalue weighted by molar-refractivity contribution is 9.10. The van der Waals surface area contributed by atoms with Crippen LogP contribution < -0.4 is 5.32 Å². The SMILES string of the molecule is CC(=O)NC(=O)c1ccc(-c2ccc(Br)c(C)c2)o1. The molecule has 0 saturated heterocycles. The second kappa shape index (κ2) is 5.40. The van der Waals surface area contributed by atoms with Gasteiger partial charge in [0.2, 0.25) is 5.91 Å². The molecular weight excluding hydrogens is 310 g/mol. The lowest BCUT2D eigenvalue weighted by molar-refractivity contribution is -0.118. The van der Waals surface area contributed by atoms with Crippen molar-refractivity contribution < 1.29 is 14.0 Å². The zero-order valence-corrected chi connectivity index (χ0v) is 12.1. The molecule has 2 rings (SSSR count). The Morgan fingerprint density at radius 1 is 1.21 bits per heavy atom. The molecule has 4 nitrogen and oxygen atoms in total. The molecule has 98 valence electrons. The zero-order chi connectivity index (χ0) is 14.0. The summed E-state index contributed by atoms with van der Waals surface area (Å²) in [6.07, 6.45) is 0. The highest BCUT2D eigenvalue weighted by Crippen LogP contribution is 2.26.